The van der Waals surface area contributed by atoms with Crippen molar-refractivity contribution in [3.8, 4) is 5.75 Å². The summed E-state index contributed by atoms with van der Waals surface area (Å²) in [5.41, 5.74) is -0.689. The van der Waals surface area contributed by atoms with E-state index in [1.54, 1.807) is 32.0 Å². The monoisotopic (exact) mass is 382 g/mol. The number of nitrogens with zero attached hydrogens (tertiary/aromatic N) is 1. The Kier molecular flexibility index (Phi) is 4.44. The van der Waals surface area contributed by atoms with Crippen LogP contribution in [0.4, 0.5) is 5.00 Å². The smallest absolute Gasteiger partial charge is 0.328 e. The molecule has 0 spiro atoms. The first-order valence-electron chi connectivity index (χ1n) is 7.40. The Balaban J connectivity index is 1.96. The maximum Gasteiger partial charge on any atom is 0.328 e. The molecular formula is C16H15ClN2O5S. The number of nitro groups is 1. The second-order valence-electron chi connectivity index (χ2n) is 6.18. The Bertz CT molecular complexity index is 851. The highest BCUT2D eigenvalue weighted by Gasteiger charge is 2.46. The van der Waals surface area contributed by atoms with Gasteiger partial charge in [-0.3, -0.25) is 14.9 Å². The lowest BCUT2D eigenvalue weighted by Gasteiger charge is -2.40. The molecule has 1 amide bonds. The van der Waals surface area contributed by atoms with Gasteiger partial charge in [0.15, 0.2) is 0 Å². The lowest BCUT2D eigenvalue weighted by Crippen LogP contribution is -2.53. The first-order chi connectivity index (χ1) is 11.7. The second kappa shape index (κ2) is 6.29. The number of ether oxygens (including phenoxy) is 1. The van der Waals surface area contributed by atoms with Crippen LogP contribution in [0, 0.1) is 10.1 Å². The molecule has 1 aliphatic heterocycles. The average molecular weight is 383 g/mol. The molecule has 2 aromatic rings. The van der Waals surface area contributed by atoms with Crippen molar-refractivity contribution in [2.24, 2.45) is 0 Å². The minimum atomic E-state index is -1.08. The summed E-state index contributed by atoms with van der Waals surface area (Å²) in [5.74, 6) is -0.144. The van der Waals surface area contributed by atoms with E-state index in [1.807, 2.05) is 0 Å². The van der Waals surface area contributed by atoms with Crippen LogP contribution in [0.15, 0.2) is 30.3 Å². The maximum atomic E-state index is 12.5. The highest BCUT2D eigenvalue weighted by Crippen LogP contribution is 2.47. The Hall–Kier alpha value is -2.16. The van der Waals surface area contributed by atoms with Gasteiger partial charge in [0.25, 0.3) is 5.91 Å². The number of hydrogen-bond donors (Lipinski definition) is 2. The summed E-state index contributed by atoms with van der Waals surface area (Å²) in [6, 6.07) is 6.87. The number of aliphatic hydroxyl groups excluding tert-OH is 1. The molecule has 1 aromatic carbocycles. The van der Waals surface area contributed by atoms with Gasteiger partial charge in [-0.1, -0.05) is 29.0 Å². The minimum absolute atomic E-state index is 0.114. The van der Waals surface area contributed by atoms with Crippen molar-refractivity contribution in [1.29, 1.82) is 0 Å². The third-order valence-corrected chi connectivity index (χ3v) is 5.33. The van der Waals surface area contributed by atoms with E-state index in [0.29, 0.717) is 21.2 Å². The fourth-order valence-electron chi connectivity index (χ4n) is 2.65. The number of fused-ring (bicyclic) bond motifs is 1. The minimum Gasteiger partial charge on any atom is -0.484 e. The molecule has 3 rings (SSSR count). The molecule has 2 heterocycles. The van der Waals surface area contributed by atoms with Crippen molar-refractivity contribution in [1.82, 2.24) is 5.32 Å². The van der Waals surface area contributed by atoms with Crippen molar-refractivity contribution in [2.75, 3.05) is 0 Å². The van der Waals surface area contributed by atoms with Gasteiger partial charge < -0.3 is 15.2 Å². The highest BCUT2D eigenvalue weighted by atomic mass is 35.5. The number of thiophene rings is 1. The van der Waals surface area contributed by atoms with Gasteiger partial charge in [-0.05, 0) is 32.0 Å². The summed E-state index contributed by atoms with van der Waals surface area (Å²) in [4.78, 5) is 23.5. The first-order valence-corrected chi connectivity index (χ1v) is 8.60. The van der Waals surface area contributed by atoms with Crippen LogP contribution >= 0.6 is 22.9 Å². The van der Waals surface area contributed by atoms with Crippen LogP contribution in [-0.4, -0.2) is 27.6 Å². The van der Waals surface area contributed by atoms with E-state index in [4.69, 9.17) is 16.3 Å². The summed E-state index contributed by atoms with van der Waals surface area (Å²) in [7, 11) is 0. The van der Waals surface area contributed by atoms with Crippen molar-refractivity contribution in [3.63, 3.8) is 0 Å². The molecule has 7 nitrogen and oxygen atoms in total. The molecule has 0 unspecified atom stereocenters. The molecule has 2 N–H and O–H groups in total. The topological polar surface area (TPSA) is 102 Å². The summed E-state index contributed by atoms with van der Waals surface area (Å²) in [6.45, 7) is 3.31. The fourth-order valence-corrected chi connectivity index (χ4v) is 3.82. The van der Waals surface area contributed by atoms with Crippen molar-refractivity contribution in [2.45, 2.75) is 31.6 Å². The number of nitrogens with one attached hydrogen (secondary N) is 1. The second-order valence-corrected chi connectivity index (χ2v) is 7.68. The van der Waals surface area contributed by atoms with Gasteiger partial charge in [0.2, 0.25) is 0 Å². The zero-order valence-corrected chi connectivity index (χ0v) is 14.9. The highest BCUT2D eigenvalue weighted by molar-refractivity contribution is 7.15. The van der Waals surface area contributed by atoms with Crippen LogP contribution in [0.1, 0.15) is 35.1 Å². The molecule has 1 aliphatic rings. The van der Waals surface area contributed by atoms with E-state index in [9.17, 15) is 20.0 Å². The molecule has 0 bridgehead atoms. The number of carbonyl (C=O) groups is 1. The lowest BCUT2D eigenvalue weighted by molar-refractivity contribution is -0.380. The van der Waals surface area contributed by atoms with Gasteiger partial charge in [0.05, 0.1) is 21.9 Å². The molecule has 1 aromatic heterocycles. The van der Waals surface area contributed by atoms with E-state index in [1.165, 1.54) is 12.1 Å². The molecule has 25 heavy (non-hydrogen) atoms. The Morgan fingerprint density at radius 1 is 1.44 bits per heavy atom. The number of aliphatic hydroxyl groups is 1. The third-order valence-electron chi connectivity index (χ3n) is 3.95. The number of rotatable bonds is 3. The molecule has 132 valence electrons. The van der Waals surface area contributed by atoms with Crippen LogP contribution in [0.2, 0.25) is 5.02 Å². The van der Waals surface area contributed by atoms with E-state index >= 15 is 0 Å². The van der Waals surface area contributed by atoms with Crippen LogP contribution in [0.3, 0.4) is 0 Å². The van der Waals surface area contributed by atoms with E-state index in [-0.39, 0.29) is 5.00 Å². The van der Waals surface area contributed by atoms with E-state index < -0.39 is 28.6 Å². The number of halogens is 1. The van der Waals surface area contributed by atoms with Crippen LogP contribution in [0.25, 0.3) is 0 Å². The molecule has 0 aliphatic carbocycles. The van der Waals surface area contributed by atoms with E-state index in [2.05, 4.69) is 5.32 Å². The van der Waals surface area contributed by atoms with Gasteiger partial charge in [-0.15, -0.1) is 0 Å². The Morgan fingerprint density at radius 3 is 2.80 bits per heavy atom. The largest absolute Gasteiger partial charge is 0.484 e. The molecule has 9 heteroatoms. The van der Waals surface area contributed by atoms with Gasteiger partial charge in [-0.25, -0.2) is 0 Å². The molecular weight excluding hydrogens is 368 g/mol. The van der Waals surface area contributed by atoms with Gasteiger partial charge >= 0.3 is 5.00 Å². The SMILES string of the molecule is CC1(C)Oc2cc([N+](=O)[O-])sc2[C@@H](NC(=O)c2cccc(Cl)c2)[C@@H]1O. The van der Waals surface area contributed by atoms with Crippen molar-refractivity contribution >= 4 is 33.8 Å². The third kappa shape index (κ3) is 3.33. The lowest BCUT2D eigenvalue weighted by atomic mass is 9.90. The average Bonchev–Trinajstić information content (AvgIpc) is 2.94. The first kappa shape index (κ1) is 17.7. The standard InChI is InChI=1S/C16H15ClN2O5S/c1-16(2)14(20)12(13-10(24-16)7-11(25-13)19(22)23)18-15(21)8-4-3-5-9(17)6-8/h3-7,12,14,20H,1-2H3,(H,18,21)/t12-,14+/m1/s1. The van der Waals surface area contributed by atoms with Crippen LogP contribution < -0.4 is 10.1 Å². The van der Waals surface area contributed by atoms with Crippen molar-refractivity contribution in [3.05, 3.63) is 55.9 Å². The summed E-state index contributed by atoms with van der Waals surface area (Å²) in [6.07, 6.45) is -1.08. The number of amides is 1. The number of hydrogen-bond acceptors (Lipinski definition) is 6. The summed E-state index contributed by atoms with van der Waals surface area (Å²) in [5, 5.41) is 24.7. The number of carbonyl (C=O) groups excluding carboxylic acids is 1. The quantitative estimate of drug-likeness (QED) is 0.626. The van der Waals surface area contributed by atoms with Crippen LogP contribution in [0.5, 0.6) is 5.75 Å². The Morgan fingerprint density at radius 2 is 2.16 bits per heavy atom. The van der Waals surface area contributed by atoms with Crippen LogP contribution in [-0.2, 0) is 0 Å². The maximum absolute atomic E-state index is 12.5. The number of benzene rings is 1. The van der Waals surface area contributed by atoms with Gasteiger partial charge in [0.1, 0.15) is 17.5 Å². The Labute approximate surface area is 152 Å². The summed E-state index contributed by atoms with van der Waals surface area (Å²) < 4.78 is 5.68. The molecule has 0 fully saturated rings. The molecule has 0 radical (unpaired) electrons. The predicted molar refractivity (Wildman–Crippen MR) is 93.3 cm³/mol. The molecule has 0 saturated carbocycles. The van der Waals surface area contributed by atoms with E-state index in [0.717, 1.165) is 11.3 Å². The van der Waals surface area contributed by atoms with Gasteiger partial charge in [-0.2, -0.15) is 0 Å². The predicted octanol–water partition coefficient (Wildman–Crippen LogP) is 3.31. The molecule has 0 saturated heterocycles. The normalized spacial score (nSPS) is 21.1. The zero-order chi connectivity index (χ0) is 18.4. The summed E-state index contributed by atoms with van der Waals surface area (Å²) >= 11 is 6.77. The fraction of sp³-hybridized carbons (Fsp3) is 0.312. The van der Waals surface area contributed by atoms with Gasteiger partial charge in [0, 0.05) is 10.6 Å². The zero-order valence-electron chi connectivity index (χ0n) is 13.4. The molecule has 2 atom stereocenters. The van der Waals surface area contributed by atoms with Crippen molar-refractivity contribution < 1.29 is 19.6 Å².